The highest BCUT2D eigenvalue weighted by molar-refractivity contribution is 6.07. The molecule has 1 aliphatic rings. The third-order valence-electron chi connectivity index (χ3n) is 5.27. The maximum atomic E-state index is 13.1. The Labute approximate surface area is 163 Å². The fourth-order valence-electron chi connectivity index (χ4n) is 3.56. The SMILES string of the molecule is Cc1ccccc1OCCN1C(=O)N[C@@](C)(c2ccc3ccccc3c2)C1=O. The molecule has 1 saturated heterocycles. The largest absolute Gasteiger partial charge is 0.491 e. The summed E-state index contributed by atoms with van der Waals surface area (Å²) in [7, 11) is 0. The summed E-state index contributed by atoms with van der Waals surface area (Å²) >= 11 is 0. The van der Waals surface area contributed by atoms with E-state index < -0.39 is 11.6 Å². The molecule has 0 radical (unpaired) electrons. The van der Waals surface area contributed by atoms with E-state index in [2.05, 4.69) is 5.32 Å². The van der Waals surface area contributed by atoms with E-state index >= 15 is 0 Å². The van der Waals surface area contributed by atoms with Crippen LogP contribution in [-0.2, 0) is 10.3 Å². The second-order valence-corrected chi connectivity index (χ2v) is 7.19. The molecule has 3 aromatic carbocycles. The van der Waals surface area contributed by atoms with Crippen molar-refractivity contribution in [2.45, 2.75) is 19.4 Å². The molecule has 1 fully saturated rings. The Balaban J connectivity index is 1.51. The number of nitrogens with zero attached hydrogens (tertiary/aromatic N) is 1. The molecule has 1 N–H and O–H groups in total. The van der Waals surface area contributed by atoms with Gasteiger partial charge < -0.3 is 10.1 Å². The number of hydrogen-bond donors (Lipinski definition) is 1. The van der Waals surface area contributed by atoms with Crippen LogP contribution in [0.1, 0.15) is 18.1 Å². The number of benzene rings is 3. The van der Waals surface area contributed by atoms with Crippen LogP contribution in [0.4, 0.5) is 4.79 Å². The van der Waals surface area contributed by atoms with Crippen LogP contribution in [-0.4, -0.2) is 30.0 Å². The first kappa shape index (κ1) is 18.0. The predicted molar refractivity (Wildman–Crippen MR) is 108 cm³/mol. The van der Waals surface area contributed by atoms with Crippen molar-refractivity contribution in [1.82, 2.24) is 10.2 Å². The number of nitrogens with one attached hydrogen (secondary N) is 1. The van der Waals surface area contributed by atoms with Crippen molar-refractivity contribution in [3.63, 3.8) is 0 Å². The Bertz CT molecular complexity index is 1060. The van der Waals surface area contributed by atoms with Gasteiger partial charge in [-0.3, -0.25) is 9.69 Å². The van der Waals surface area contributed by atoms with Crippen LogP contribution < -0.4 is 10.1 Å². The zero-order valence-corrected chi connectivity index (χ0v) is 15.9. The highest BCUT2D eigenvalue weighted by Gasteiger charge is 2.48. The summed E-state index contributed by atoms with van der Waals surface area (Å²) in [6.07, 6.45) is 0. The summed E-state index contributed by atoms with van der Waals surface area (Å²) < 4.78 is 5.75. The van der Waals surface area contributed by atoms with Gasteiger partial charge in [0, 0.05) is 0 Å². The molecule has 5 heteroatoms. The fourth-order valence-corrected chi connectivity index (χ4v) is 3.56. The van der Waals surface area contributed by atoms with Gasteiger partial charge in [-0.05, 0) is 47.9 Å². The number of carbonyl (C=O) groups excluding carboxylic acids is 2. The van der Waals surface area contributed by atoms with Crippen LogP contribution >= 0.6 is 0 Å². The quantitative estimate of drug-likeness (QED) is 0.687. The molecule has 0 aromatic heterocycles. The van der Waals surface area contributed by atoms with Gasteiger partial charge in [0.05, 0.1) is 6.54 Å². The van der Waals surface area contributed by atoms with E-state index in [1.165, 1.54) is 4.90 Å². The summed E-state index contributed by atoms with van der Waals surface area (Å²) in [6, 6.07) is 21.0. The number of urea groups is 1. The van der Waals surface area contributed by atoms with E-state index in [-0.39, 0.29) is 19.1 Å². The van der Waals surface area contributed by atoms with Crippen LogP contribution in [0, 0.1) is 6.92 Å². The Morgan fingerprint density at radius 2 is 1.68 bits per heavy atom. The molecule has 5 nitrogen and oxygen atoms in total. The lowest BCUT2D eigenvalue weighted by Crippen LogP contribution is -2.41. The summed E-state index contributed by atoms with van der Waals surface area (Å²) in [6.45, 7) is 4.15. The number of rotatable bonds is 5. The average Bonchev–Trinajstić information content (AvgIpc) is 2.93. The van der Waals surface area contributed by atoms with Gasteiger partial charge in [-0.25, -0.2) is 4.79 Å². The number of imide groups is 1. The van der Waals surface area contributed by atoms with Gasteiger partial charge in [0.25, 0.3) is 5.91 Å². The number of aryl methyl sites for hydroxylation is 1. The van der Waals surface area contributed by atoms with Gasteiger partial charge in [0.2, 0.25) is 0 Å². The minimum Gasteiger partial charge on any atom is -0.491 e. The summed E-state index contributed by atoms with van der Waals surface area (Å²) in [5, 5.41) is 4.98. The monoisotopic (exact) mass is 374 g/mol. The maximum Gasteiger partial charge on any atom is 0.325 e. The van der Waals surface area contributed by atoms with Gasteiger partial charge >= 0.3 is 6.03 Å². The van der Waals surface area contributed by atoms with Crippen molar-refractivity contribution in [2.75, 3.05) is 13.2 Å². The van der Waals surface area contributed by atoms with E-state index in [4.69, 9.17) is 4.74 Å². The third-order valence-corrected chi connectivity index (χ3v) is 5.27. The standard InChI is InChI=1S/C23H22N2O3/c1-16-7-3-6-10-20(16)28-14-13-25-21(26)23(2,24-22(25)27)19-12-11-17-8-4-5-9-18(17)15-19/h3-12,15H,13-14H2,1-2H3,(H,24,27)/t23-/m0/s1. The minimum atomic E-state index is -1.08. The summed E-state index contributed by atoms with van der Waals surface area (Å²) in [5.41, 5.74) is 0.705. The molecule has 0 bridgehead atoms. The normalized spacial score (nSPS) is 19.1. The summed E-state index contributed by atoms with van der Waals surface area (Å²) in [4.78, 5) is 26.8. The lowest BCUT2D eigenvalue weighted by molar-refractivity contribution is -0.131. The van der Waals surface area contributed by atoms with Crippen LogP contribution in [0.25, 0.3) is 10.8 Å². The van der Waals surface area contributed by atoms with Gasteiger partial charge in [-0.15, -0.1) is 0 Å². The van der Waals surface area contributed by atoms with Gasteiger partial charge in [0.15, 0.2) is 0 Å². The van der Waals surface area contributed by atoms with E-state index in [1.54, 1.807) is 6.92 Å². The second-order valence-electron chi connectivity index (χ2n) is 7.19. The number of para-hydroxylation sites is 1. The van der Waals surface area contributed by atoms with Gasteiger partial charge in [0.1, 0.15) is 17.9 Å². The Hall–Kier alpha value is -3.34. The second kappa shape index (κ2) is 7.00. The molecule has 1 aliphatic heterocycles. The molecule has 0 spiro atoms. The van der Waals surface area contributed by atoms with Crippen LogP contribution in [0.5, 0.6) is 5.75 Å². The zero-order chi connectivity index (χ0) is 19.7. The van der Waals surface area contributed by atoms with E-state index in [1.807, 2.05) is 73.7 Å². The van der Waals surface area contributed by atoms with Crippen molar-refractivity contribution in [3.8, 4) is 5.75 Å². The van der Waals surface area contributed by atoms with Gasteiger partial charge in [-0.2, -0.15) is 0 Å². The molecule has 1 atom stereocenters. The lowest BCUT2D eigenvalue weighted by atomic mass is 9.90. The van der Waals surface area contributed by atoms with Crippen molar-refractivity contribution in [1.29, 1.82) is 0 Å². The molecule has 28 heavy (non-hydrogen) atoms. The molecule has 1 heterocycles. The minimum absolute atomic E-state index is 0.197. The first-order valence-electron chi connectivity index (χ1n) is 9.31. The van der Waals surface area contributed by atoms with Crippen molar-refractivity contribution in [2.24, 2.45) is 0 Å². The number of ether oxygens (including phenoxy) is 1. The molecule has 0 saturated carbocycles. The Kier molecular flexibility index (Phi) is 4.51. The lowest BCUT2D eigenvalue weighted by Gasteiger charge is -2.23. The fraction of sp³-hybridized carbons (Fsp3) is 0.217. The third kappa shape index (κ3) is 3.09. The molecule has 142 valence electrons. The molecular weight excluding hydrogens is 352 g/mol. The highest BCUT2D eigenvalue weighted by atomic mass is 16.5. The molecular formula is C23H22N2O3. The molecule has 3 amide bonds. The van der Waals surface area contributed by atoms with Crippen molar-refractivity contribution in [3.05, 3.63) is 77.9 Å². The highest BCUT2D eigenvalue weighted by Crippen LogP contribution is 2.31. The maximum absolute atomic E-state index is 13.1. The average molecular weight is 374 g/mol. The first-order valence-corrected chi connectivity index (χ1v) is 9.31. The molecule has 4 rings (SSSR count). The summed E-state index contributed by atoms with van der Waals surface area (Å²) in [5.74, 6) is 0.494. The number of carbonyl (C=O) groups is 2. The number of hydrogen-bond acceptors (Lipinski definition) is 3. The predicted octanol–water partition coefficient (Wildman–Crippen LogP) is 3.99. The van der Waals surface area contributed by atoms with E-state index in [0.29, 0.717) is 0 Å². The van der Waals surface area contributed by atoms with E-state index in [0.717, 1.165) is 27.6 Å². The van der Waals surface area contributed by atoms with E-state index in [9.17, 15) is 9.59 Å². The Morgan fingerprint density at radius 3 is 2.46 bits per heavy atom. The van der Waals surface area contributed by atoms with Crippen LogP contribution in [0.3, 0.4) is 0 Å². The molecule has 0 unspecified atom stereocenters. The van der Waals surface area contributed by atoms with Crippen LogP contribution in [0.2, 0.25) is 0 Å². The number of fused-ring (bicyclic) bond motifs is 1. The number of amides is 3. The van der Waals surface area contributed by atoms with Crippen LogP contribution in [0.15, 0.2) is 66.7 Å². The molecule has 0 aliphatic carbocycles. The molecule has 3 aromatic rings. The Morgan fingerprint density at radius 1 is 0.964 bits per heavy atom. The topological polar surface area (TPSA) is 58.6 Å². The van der Waals surface area contributed by atoms with Crippen molar-refractivity contribution >= 4 is 22.7 Å². The first-order chi connectivity index (χ1) is 13.5. The van der Waals surface area contributed by atoms with Crippen molar-refractivity contribution < 1.29 is 14.3 Å². The van der Waals surface area contributed by atoms with Gasteiger partial charge in [-0.1, -0.05) is 54.6 Å². The zero-order valence-electron chi connectivity index (χ0n) is 15.9. The smallest absolute Gasteiger partial charge is 0.325 e.